The molecule has 4 nitrogen and oxygen atoms in total. The summed E-state index contributed by atoms with van der Waals surface area (Å²) >= 11 is 0. The standard InChI is InChI=1S/C17H12N2O2/c20-14-8-6-13-7-9-17-18(21)11-16(19(17)15(13)10-14)12-4-2-1-3-5-12/h1-11,21H. The molecule has 2 heterocycles. The number of hydrogen-bond donors (Lipinski definition) is 1. The third-order valence-corrected chi connectivity index (χ3v) is 3.67. The highest BCUT2D eigenvalue weighted by Crippen LogP contribution is 2.29. The van der Waals surface area contributed by atoms with E-state index in [0.717, 1.165) is 27.2 Å². The lowest BCUT2D eigenvalue weighted by Gasteiger charge is -2.10. The summed E-state index contributed by atoms with van der Waals surface area (Å²) in [5, 5.41) is 10.1. The predicted octanol–water partition coefficient (Wildman–Crippen LogP) is 3.11. The van der Waals surface area contributed by atoms with Gasteiger partial charge in [-0.1, -0.05) is 30.3 Å². The van der Waals surface area contributed by atoms with E-state index in [0.29, 0.717) is 5.65 Å². The largest absolute Gasteiger partial charge is 0.427 e. The van der Waals surface area contributed by atoms with Gasteiger partial charge in [0, 0.05) is 11.6 Å². The van der Waals surface area contributed by atoms with Gasteiger partial charge in [0.2, 0.25) is 0 Å². The number of hydrogen-bond acceptors (Lipinski definition) is 2. The molecule has 0 bridgehead atoms. The molecule has 4 rings (SSSR count). The highest BCUT2D eigenvalue weighted by Gasteiger charge is 2.14. The zero-order valence-electron chi connectivity index (χ0n) is 11.1. The molecule has 1 aromatic heterocycles. The van der Waals surface area contributed by atoms with Gasteiger partial charge in [0.15, 0.2) is 11.1 Å². The molecule has 1 N–H and O–H groups in total. The number of pyridine rings is 1. The average Bonchev–Trinajstić information content (AvgIpc) is 2.86. The fourth-order valence-electron chi connectivity index (χ4n) is 2.70. The zero-order chi connectivity index (χ0) is 14.4. The number of fused-ring (bicyclic) bond motifs is 3. The lowest BCUT2D eigenvalue weighted by Crippen LogP contribution is -2.04. The Morgan fingerprint density at radius 1 is 0.810 bits per heavy atom. The molecule has 2 aromatic rings. The number of aromatic nitrogens is 2. The van der Waals surface area contributed by atoms with Crippen LogP contribution in [0.3, 0.4) is 0 Å². The fraction of sp³-hybridized carbons (Fsp3) is 0. The molecular formula is C17H12N2O2. The van der Waals surface area contributed by atoms with E-state index >= 15 is 0 Å². The maximum absolute atomic E-state index is 11.7. The van der Waals surface area contributed by atoms with Gasteiger partial charge in [-0.2, -0.15) is 4.73 Å². The second-order valence-electron chi connectivity index (χ2n) is 4.97. The predicted molar refractivity (Wildman–Crippen MR) is 80.9 cm³/mol. The molecule has 0 fully saturated rings. The highest BCUT2D eigenvalue weighted by atomic mass is 16.5. The van der Waals surface area contributed by atoms with Crippen LogP contribution in [0.1, 0.15) is 0 Å². The van der Waals surface area contributed by atoms with Crippen LogP contribution in [0.4, 0.5) is 0 Å². The van der Waals surface area contributed by atoms with Crippen molar-refractivity contribution in [2.24, 2.45) is 0 Å². The summed E-state index contributed by atoms with van der Waals surface area (Å²) in [6.45, 7) is 0. The smallest absolute Gasteiger partial charge is 0.180 e. The van der Waals surface area contributed by atoms with Gasteiger partial charge in [-0.3, -0.25) is 9.20 Å². The number of imidazole rings is 1. The van der Waals surface area contributed by atoms with Crippen molar-refractivity contribution in [3.63, 3.8) is 0 Å². The minimum atomic E-state index is -0.0489. The Bertz CT molecular complexity index is 967. The van der Waals surface area contributed by atoms with Crippen LogP contribution in [-0.2, 0) is 0 Å². The molecule has 0 amide bonds. The summed E-state index contributed by atoms with van der Waals surface area (Å²) < 4.78 is 2.98. The monoisotopic (exact) mass is 276 g/mol. The van der Waals surface area contributed by atoms with E-state index in [1.807, 2.05) is 46.9 Å². The summed E-state index contributed by atoms with van der Waals surface area (Å²) in [7, 11) is 0. The van der Waals surface area contributed by atoms with E-state index < -0.39 is 0 Å². The number of rotatable bonds is 1. The Morgan fingerprint density at radius 3 is 2.33 bits per heavy atom. The second-order valence-corrected chi connectivity index (χ2v) is 4.97. The summed E-state index contributed by atoms with van der Waals surface area (Å²) in [5.74, 6) is 0. The third-order valence-electron chi connectivity index (χ3n) is 3.67. The lowest BCUT2D eigenvalue weighted by molar-refractivity contribution is 0.199. The van der Waals surface area contributed by atoms with Crippen LogP contribution < -0.4 is 5.43 Å². The van der Waals surface area contributed by atoms with E-state index in [1.54, 1.807) is 24.4 Å². The van der Waals surface area contributed by atoms with Crippen molar-refractivity contribution in [2.75, 3.05) is 0 Å². The van der Waals surface area contributed by atoms with Crippen LogP contribution in [0.25, 0.3) is 28.2 Å². The molecule has 1 aromatic carbocycles. The molecule has 1 aliphatic heterocycles. The summed E-state index contributed by atoms with van der Waals surface area (Å²) in [4.78, 5) is 11.7. The Hall–Kier alpha value is -3.01. The van der Waals surface area contributed by atoms with Gasteiger partial charge in [-0.05, 0) is 29.8 Å². The van der Waals surface area contributed by atoms with Crippen molar-refractivity contribution in [1.29, 1.82) is 0 Å². The van der Waals surface area contributed by atoms with Crippen LogP contribution in [0.5, 0.6) is 0 Å². The fourth-order valence-corrected chi connectivity index (χ4v) is 2.70. The first-order valence-corrected chi connectivity index (χ1v) is 6.65. The lowest BCUT2D eigenvalue weighted by atomic mass is 10.1. The molecule has 4 heteroatoms. The van der Waals surface area contributed by atoms with Crippen molar-refractivity contribution < 1.29 is 5.21 Å². The molecule has 21 heavy (non-hydrogen) atoms. The van der Waals surface area contributed by atoms with Crippen molar-refractivity contribution in [2.45, 2.75) is 0 Å². The molecule has 0 saturated carbocycles. The molecule has 1 aliphatic carbocycles. The van der Waals surface area contributed by atoms with Crippen LogP contribution in [-0.4, -0.2) is 14.3 Å². The van der Waals surface area contributed by atoms with E-state index in [9.17, 15) is 10.0 Å². The van der Waals surface area contributed by atoms with Gasteiger partial charge in [0.1, 0.15) is 0 Å². The van der Waals surface area contributed by atoms with Crippen molar-refractivity contribution >= 4 is 5.65 Å². The Balaban J connectivity index is 2.18. The summed E-state index contributed by atoms with van der Waals surface area (Å²) in [5.41, 5.74) is 4.12. The summed E-state index contributed by atoms with van der Waals surface area (Å²) in [6.07, 6.45) is 1.65. The average molecular weight is 276 g/mol. The SMILES string of the molecule is O=c1ccc2ccc3n(O)cc(-c4ccccc4)n3c-2c1. The Kier molecular flexibility index (Phi) is 2.38. The first kappa shape index (κ1) is 11.8. The molecule has 2 aliphatic rings. The van der Waals surface area contributed by atoms with E-state index in [4.69, 9.17) is 0 Å². The molecule has 0 radical (unpaired) electrons. The molecule has 0 spiro atoms. The van der Waals surface area contributed by atoms with Gasteiger partial charge in [-0.15, -0.1) is 0 Å². The van der Waals surface area contributed by atoms with Gasteiger partial charge in [0.05, 0.1) is 17.6 Å². The maximum Gasteiger partial charge on any atom is 0.180 e. The summed E-state index contributed by atoms with van der Waals surface area (Å²) in [6, 6.07) is 18.4. The van der Waals surface area contributed by atoms with Crippen molar-refractivity contribution in [1.82, 2.24) is 9.13 Å². The minimum Gasteiger partial charge on any atom is -0.427 e. The zero-order valence-corrected chi connectivity index (χ0v) is 11.1. The van der Waals surface area contributed by atoms with E-state index in [-0.39, 0.29) is 5.43 Å². The van der Waals surface area contributed by atoms with Gasteiger partial charge in [0.25, 0.3) is 0 Å². The maximum atomic E-state index is 11.7. The first-order chi connectivity index (χ1) is 10.2. The third kappa shape index (κ3) is 1.73. The molecule has 0 unspecified atom stereocenters. The number of nitrogens with zero attached hydrogens (tertiary/aromatic N) is 2. The highest BCUT2D eigenvalue weighted by molar-refractivity contribution is 5.73. The van der Waals surface area contributed by atoms with Gasteiger partial charge >= 0.3 is 0 Å². The second kappa shape index (κ2) is 4.24. The first-order valence-electron chi connectivity index (χ1n) is 6.65. The van der Waals surface area contributed by atoms with E-state index in [1.165, 1.54) is 0 Å². The van der Waals surface area contributed by atoms with Crippen LogP contribution in [0, 0.1) is 0 Å². The molecule has 102 valence electrons. The minimum absolute atomic E-state index is 0.0489. The van der Waals surface area contributed by atoms with Crippen molar-refractivity contribution in [3.8, 4) is 22.5 Å². The normalized spacial score (nSPS) is 11.2. The van der Waals surface area contributed by atoms with Gasteiger partial charge < -0.3 is 5.21 Å². The van der Waals surface area contributed by atoms with Crippen molar-refractivity contribution in [3.05, 3.63) is 77.1 Å². The Labute approximate surface area is 120 Å². The van der Waals surface area contributed by atoms with Crippen LogP contribution >= 0.6 is 0 Å². The van der Waals surface area contributed by atoms with Crippen LogP contribution in [0.2, 0.25) is 0 Å². The molecule has 0 atom stereocenters. The number of benzene rings is 2. The Morgan fingerprint density at radius 2 is 1.52 bits per heavy atom. The quantitative estimate of drug-likeness (QED) is 0.543. The van der Waals surface area contributed by atoms with Crippen LogP contribution in [0.15, 0.2) is 71.7 Å². The molecular weight excluding hydrogens is 264 g/mol. The topological polar surface area (TPSA) is 46.6 Å². The van der Waals surface area contributed by atoms with Gasteiger partial charge in [-0.25, -0.2) is 0 Å². The van der Waals surface area contributed by atoms with E-state index in [2.05, 4.69) is 0 Å². The molecule has 0 saturated heterocycles.